The summed E-state index contributed by atoms with van der Waals surface area (Å²) in [6.07, 6.45) is 4.16. The van der Waals surface area contributed by atoms with Gasteiger partial charge in [-0.2, -0.15) is 0 Å². The summed E-state index contributed by atoms with van der Waals surface area (Å²) in [4.78, 5) is 39.2. The molecule has 0 aromatic heterocycles. The predicted octanol–water partition coefficient (Wildman–Crippen LogP) is 2.83. The van der Waals surface area contributed by atoms with Crippen LogP contribution in [-0.4, -0.2) is 54.8 Å². The van der Waals surface area contributed by atoms with Crippen LogP contribution in [0.1, 0.15) is 53.4 Å². The quantitative estimate of drug-likeness (QED) is 0.219. The number of hydrogen-bond acceptors (Lipinski definition) is 6. The Morgan fingerprint density at radius 3 is 2.04 bits per heavy atom. The molecule has 0 bridgehead atoms. The van der Waals surface area contributed by atoms with Crippen LogP contribution >= 0.6 is 0 Å². The van der Waals surface area contributed by atoms with Crippen LogP contribution in [0.4, 0.5) is 4.79 Å². The number of ether oxygens (including phenoxy) is 3. The van der Waals surface area contributed by atoms with E-state index >= 15 is 0 Å². The second kappa shape index (κ2) is 10.1. The molecule has 0 aromatic rings. The maximum atomic E-state index is 12.8. The Kier molecular flexibility index (Phi) is 8.45. The monoisotopic (exact) mass is 355 g/mol. The molecule has 7 heteroatoms. The van der Waals surface area contributed by atoms with Gasteiger partial charge in [-0.15, -0.1) is 0 Å². The molecule has 0 unspecified atom stereocenters. The van der Waals surface area contributed by atoms with Crippen molar-refractivity contribution in [1.29, 1.82) is 0 Å². The van der Waals surface area contributed by atoms with E-state index in [0.29, 0.717) is 18.4 Å². The number of nitrogens with zero attached hydrogens (tertiary/aromatic N) is 1. The van der Waals surface area contributed by atoms with Crippen LogP contribution in [0.3, 0.4) is 0 Å². The fraction of sp³-hybridized carbons (Fsp3) is 0.722. The molecule has 25 heavy (non-hydrogen) atoms. The van der Waals surface area contributed by atoms with Crippen molar-refractivity contribution in [1.82, 2.24) is 4.90 Å². The molecule has 1 heterocycles. The van der Waals surface area contributed by atoms with Gasteiger partial charge in [-0.05, 0) is 39.2 Å². The lowest BCUT2D eigenvalue weighted by Gasteiger charge is -2.34. The Morgan fingerprint density at radius 1 is 1.00 bits per heavy atom. The molecular formula is C18H29NO6. The number of hydrogen-bond donors (Lipinski definition) is 0. The van der Waals surface area contributed by atoms with E-state index in [0.717, 1.165) is 17.7 Å². The number of amides is 1. The fourth-order valence-corrected chi connectivity index (χ4v) is 2.95. The molecule has 1 rings (SSSR count). The molecule has 1 aliphatic rings. The Balaban J connectivity index is 3.41. The summed E-state index contributed by atoms with van der Waals surface area (Å²) in [6, 6.07) is 0. The zero-order valence-corrected chi connectivity index (χ0v) is 15.6. The summed E-state index contributed by atoms with van der Waals surface area (Å²) < 4.78 is 15.4. The smallest absolute Gasteiger partial charge is 0.411 e. The van der Waals surface area contributed by atoms with Crippen LogP contribution in [-0.2, 0) is 23.8 Å². The summed E-state index contributed by atoms with van der Waals surface area (Å²) in [5.41, 5.74) is -1.34. The molecule has 0 aliphatic carbocycles. The molecule has 142 valence electrons. The number of rotatable bonds is 8. The molecule has 1 fully saturated rings. The van der Waals surface area contributed by atoms with Crippen molar-refractivity contribution in [3.05, 3.63) is 11.6 Å². The predicted molar refractivity (Wildman–Crippen MR) is 92.0 cm³/mol. The number of esters is 2. The van der Waals surface area contributed by atoms with E-state index in [1.54, 1.807) is 20.8 Å². The summed E-state index contributed by atoms with van der Waals surface area (Å²) in [5, 5.41) is 0. The topological polar surface area (TPSA) is 82.1 Å². The number of unbranched alkanes of at least 4 members (excludes halogenated alkanes) is 2. The van der Waals surface area contributed by atoms with Crippen LogP contribution < -0.4 is 0 Å². The van der Waals surface area contributed by atoms with E-state index < -0.39 is 23.6 Å². The molecule has 0 spiro atoms. The minimum Gasteiger partial charge on any atom is -0.464 e. The highest BCUT2D eigenvalue weighted by Gasteiger charge is 2.62. The minimum absolute atomic E-state index is 0.0961. The SMILES string of the molecule is CCCC/C=C1/CCN(C(=O)OCC)C1(C(=O)OCC)C(=O)OCC. The van der Waals surface area contributed by atoms with E-state index in [1.165, 1.54) is 0 Å². The third-order valence-electron chi connectivity index (χ3n) is 4.05. The molecule has 0 saturated carbocycles. The molecule has 0 N–H and O–H groups in total. The second-order valence-corrected chi connectivity index (χ2v) is 5.62. The van der Waals surface area contributed by atoms with Gasteiger partial charge in [-0.3, -0.25) is 4.90 Å². The molecule has 1 saturated heterocycles. The number of carbonyl (C=O) groups is 3. The zero-order chi connectivity index (χ0) is 18.9. The van der Waals surface area contributed by atoms with Gasteiger partial charge in [0, 0.05) is 6.54 Å². The average molecular weight is 355 g/mol. The number of allylic oxidation sites excluding steroid dienone is 1. The van der Waals surface area contributed by atoms with Crippen molar-refractivity contribution in [2.24, 2.45) is 0 Å². The molecule has 0 aromatic carbocycles. The highest BCUT2D eigenvalue weighted by atomic mass is 16.6. The van der Waals surface area contributed by atoms with E-state index in [9.17, 15) is 14.4 Å². The van der Waals surface area contributed by atoms with Gasteiger partial charge in [-0.25, -0.2) is 14.4 Å². The first kappa shape index (κ1) is 21.0. The zero-order valence-electron chi connectivity index (χ0n) is 15.6. The highest BCUT2D eigenvalue weighted by Crippen LogP contribution is 2.38. The van der Waals surface area contributed by atoms with Gasteiger partial charge in [0.25, 0.3) is 5.54 Å². The van der Waals surface area contributed by atoms with Crippen LogP contribution in [0, 0.1) is 0 Å². The molecular weight excluding hydrogens is 326 g/mol. The summed E-state index contributed by atoms with van der Waals surface area (Å²) in [7, 11) is 0. The van der Waals surface area contributed by atoms with Gasteiger partial charge in [0.2, 0.25) is 0 Å². The molecule has 7 nitrogen and oxygen atoms in total. The summed E-state index contributed by atoms with van der Waals surface area (Å²) in [5.74, 6) is -1.58. The Labute approximate surface area is 149 Å². The van der Waals surface area contributed by atoms with Crippen LogP contribution in [0.2, 0.25) is 0 Å². The first-order valence-corrected chi connectivity index (χ1v) is 8.98. The minimum atomic E-state index is -1.88. The van der Waals surface area contributed by atoms with Crippen LogP contribution in [0.5, 0.6) is 0 Å². The lowest BCUT2D eigenvalue weighted by molar-refractivity contribution is -0.168. The van der Waals surface area contributed by atoms with Gasteiger partial charge < -0.3 is 14.2 Å². The lowest BCUT2D eigenvalue weighted by atomic mass is 9.89. The Bertz CT molecular complexity index is 496. The summed E-state index contributed by atoms with van der Waals surface area (Å²) in [6.45, 7) is 7.57. The van der Waals surface area contributed by atoms with Crippen LogP contribution in [0.15, 0.2) is 11.6 Å². The molecule has 0 radical (unpaired) electrons. The normalized spacial score (nSPS) is 17.4. The maximum absolute atomic E-state index is 12.8. The Hall–Kier alpha value is -2.05. The van der Waals surface area contributed by atoms with Crippen molar-refractivity contribution in [2.45, 2.75) is 58.9 Å². The Morgan fingerprint density at radius 2 is 1.56 bits per heavy atom. The van der Waals surface area contributed by atoms with Gasteiger partial charge in [0.05, 0.1) is 19.8 Å². The average Bonchev–Trinajstić information content (AvgIpc) is 2.96. The highest BCUT2D eigenvalue weighted by molar-refractivity contribution is 6.11. The number of likely N-dealkylation sites (tertiary alicyclic amines) is 1. The van der Waals surface area contributed by atoms with Gasteiger partial charge in [0.1, 0.15) is 0 Å². The lowest BCUT2D eigenvalue weighted by Crippen LogP contribution is -2.61. The van der Waals surface area contributed by atoms with Gasteiger partial charge in [0.15, 0.2) is 0 Å². The van der Waals surface area contributed by atoms with E-state index in [2.05, 4.69) is 6.92 Å². The first-order valence-electron chi connectivity index (χ1n) is 8.98. The van der Waals surface area contributed by atoms with Crippen molar-refractivity contribution >= 4 is 18.0 Å². The van der Waals surface area contributed by atoms with Crippen LogP contribution in [0.25, 0.3) is 0 Å². The number of carbonyl (C=O) groups excluding carboxylic acids is 3. The standard InChI is InChI=1S/C18H29NO6/c1-5-9-10-11-14-12-13-19(17(22)25-8-4)18(14,15(20)23-6-2)16(21)24-7-3/h11H,5-10,12-13H2,1-4H3/b14-11-. The fourth-order valence-electron chi connectivity index (χ4n) is 2.95. The van der Waals surface area contributed by atoms with Gasteiger partial charge >= 0.3 is 18.0 Å². The van der Waals surface area contributed by atoms with Crippen molar-refractivity contribution in [3.63, 3.8) is 0 Å². The van der Waals surface area contributed by atoms with Crippen molar-refractivity contribution in [3.8, 4) is 0 Å². The third kappa shape index (κ3) is 4.32. The van der Waals surface area contributed by atoms with Gasteiger partial charge in [-0.1, -0.05) is 25.8 Å². The van der Waals surface area contributed by atoms with E-state index in [1.807, 2.05) is 6.08 Å². The van der Waals surface area contributed by atoms with Crippen molar-refractivity contribution in [2.75, 3.05) is 26.4 Å². The molecule has 1 amide bonds. The third-order valence-corrected chi connectivity index (χ3v) is 4.05. The molecule has 0 atom stereocenters. The molecule has 1 aliphatic heterocycles. The largest absolute Gasteiger partial charge is 0.464 e. The first-order chi connectivity index (χ1) is 12.0. The second-order valence-electron chi connectivity index (χ2n) is 5.62. The summed E-state index contributed by atoms with van der Waals surface area (Å²) >= 11 is 0. The van der Waals surface area contributed by atoms with Crippen molar-refractivity contribution < 1.29 is 28.6 Å². The van der Waals surface area contributed by atoms with E-state index in [-0.39, 0.29) is 26.4 Å². The maximum Gasteiger partial charge on any atom is 0.411 e. The van der Waals surface area contributed by atoms with E-state index in [4.69, 9.17) is 14.2 Å².